The van der Waals surface area contributed by atoms with Gasteiger partial charge < -0.3 is 10.2 Å². The zero-order valence-electron chi connectivity index (χ0n) is 12.4. The lowest BCUT2D eigenvalue weighted by molar-refractivity contribution is 0.0967. The summed E-state index contributed by atoms with van der Waals surface area (Å²) in [4.78, 5) is 19.7. The minimum atomic E-state index is -0.288. The summed E-state index contributed by atoms with van der Waals surface area (Å²) in [5.41, 5.74) is 1.55. The number of fused-ring (bicyclic) bond motifs is 1. The Morgan fingerprint density at radius 3 is 2.59 bits per heavy atom. The molecule has 3 aromatic rings. The van der Waals surface area contributed by atoms with Gasteiger partial charge in [0.15, 0.2) is 0 Å². The van der Waals surface area contributed by atoms with Gasteiger partial charge in [0, 0.05) is 21.1 Å². The molecule has 0 spiro atoms. The number of hydrogen-bond donors (Lipinski definition) is 1. The second kappa shape index (κ2) is 5.42. The molecule has 2 aromatic heterocycles. The van der Waals surface area contributed by atoms with Crippen LogP contribution in [0, 0.1) is 5.82 Å². The topological polar surface area (TPSA) is 50.2 Å². The zero-order chi connectivity index (χ0) is 15.9. The molecule has 3 rings (SSSR count). The number of imidazole rings is 1. The summed E-state index contributed by atoms with van der Waals surface area (Å²) in [6.45, 7) is 0. The fourth-order valence-corrected chi connectivity index (χ4v) is 3.28. The smallest absolute Gasteiger partial charge is 0.261 e. The van der Waals surface area contributed by atoms with E-state index in [2.05, 4.69) is 10.3 Å². The van der Waals surface area contributed by atoms with Crippen LogP contribution in [0.2, 0.25) is 0 Å². The third-order valence-electron chi connectivity index (χ3n) is 3.25. The number of benzene rings is 1. The number of halogens is 1. The minimum absolute atomic E-state index is 0.139. The van der Waals surface area contributed by atoms with E-state index in [-0.39, 0.29) is 11.7 Å². The van der Waals surface area contributed by atoms with Crippen LogP contribution in [-0.4, -0.2) is 36.6 Å². The van der Waals surface area contributed by atoms with Crippen LogP contribution in [0.1, 0.15) is 9.67 Å². The van der Waals surface area contributed by atoms with Crippen molar-refractivity contribution in [2.24, 2.45) is 0 Å². The number of carbonyl (C=O) groups is 1. The van der Waals surface area contributed by atoms with Gasteiger partial charge in [0.05, 0.1) is 10.6 Å². The SMILES string of the molecule is CNC(=O)c1cc2nc(N(C)C)n(-c3ccc(F)cc3)c2s1. The average Bonchev–Trinajstić information content (AvgIpc) is 3.05. The fraction of sp³-hybridized carbons (Fsp3) is 0.200. The molecule has 0 radical (unpaired) electrons. The molecular weight excluding hydrogens is 303 g/mol. The summed E-state index contributed by atoms with van der Waals surface area (Å²) >= 11 is 1.36. The Bertz CT molecular complexity index is 835. The average molecular weight is 318 g/mol. The Kier molecular flexibility index (Phi) is 3.58. The largest absolute Gasteiger partial charge is 0.354 e. The van der Waals surface area contributed by atoms with Crippen molar-refractivity contribution < 1.29 is 9.18 Å². The quantitative estimate of drug-likeness (QED) is 0.808. The Labute approximate surface area is 131 Å². The van der Waals surface area contributed by atoms with Crippen molar-refractivity contribution in [2.75, 3.05) is 26.0 Å². The lowest BCUT2D eigenvalue weighted by atomic mass is 10.3. The van der Waals surface area contributed by atoms with Gasteiger partial charge in [0.1, 0.15) is 16.2 Å². The number of carbonyl (C=O) groups excluding carboxylic acids is 1. The zero-order valence-corrected chi connectivity index (χ0v) is 13.2. The molecular formula is C15H15FN4OS. The van der Waals surface area contributed by atoms with Crippen molar-refractivity contribution in [2.45, 2.75) is 0 Å². The van der Waals surface area contributed by atoms with E-state index in [1.807, 2.05) is 23.6 Å². The maximum absolute atomic E-state index is 13.2. The maximum Gasteiger partial charge on any atom is 0.261 e. The van der Waals surface area contributed by atoms with E-state index in [0.717, 1.165) is 22.0 Å². The molecule has 114 valence electrons. The molecule has 22 heavy (non-hydrogen) atoms. The standard InChI is InChI=1S/C15H15FN4OS/c1-17-13(21)12-8-11-14(22-12)20(15(18-11)19(2)3)10-6-4-9(16)5-7-10/h4-8H,1-3H3,(H,17,21). The van der Waals surface area contributed by atoms with E-state index in [1.165, 1.54) is 23.5 Å². The lowest BCUT2D eigenvalue weighted by Gasteiger charge is -2.14. The van der Waals surface area contributed by atoms with E-state index < -0.39 is 0 Å². The first-order chi connectivity index (χ1) is 10.5. The number of thiophene rings is 1. The monoisotopic (exact) mass is 318 g/mol. The number of rotatable bonds is 3. The van der Waals surface area contributed by atoms with Gasteiger partial charge in [-0.25, -0.2) is 9.37 Å². The second-order valence-corrected chi connectivity index (χ2v) is 6.03. The molecule has 5 nitrogen and oxygen atoms in total. The maximum atomic E-state index is 13.2. The van der Waals surface area contributed by atoms with Crippen molar-refractivity contribution in [1.29, 1.82) is 0 Å². The van der Waals surface area contributed by atoms with Crippen molar-refractivity contribution >= 4 is 33.5 Å². The molecule has 1 aromatic carbocycles. The van der Waals surface area contributed by atoms with E-state index in [4.69, 9.17) is 0 Å². The number of nitrogens with one attached hydrogen (secondary N) is 1. The van der Waals surface area contributed by atoms with Crippen LogP contribution < -0.4 is 10.2 Å². The highest BCUT2D eigenvalue weighted by Gasteiger charge is 2.19. The molecule has 1 N–H and O–H groups in total. The van der Waals surface area contributed by atoms with Crippen molar-refractivity contribution in [3.8, 4) is 5.69 Å². The highest BCUT2D eigenvalue weighted by atomic mass is 32.1. The molecule has 0 fully saturated rings. The van der Waals surface area contributed by atoms with Crippen molar-refractivity contribution in [3.63, 3.8) is 0 Å². The van der Waals surface area contributed by atoms with Gasteiger partial charge in [-0.15, -0.1) is 11.3 Å². The molecule has 0 unspecified atom stereocenters. The first-order valence-corrected chi connectivity index (χ1v) is 7.50. The molecule has 1 amide bonds. The van der Waals surface area contributed by atoms with Crippen LogP contribution in [0.5, 0.6) is 0 Å². The van der Waals surface area contributed by atoms with Crippen molar-refractivity contribution in [1.82, 2.24) is 14.9 Å². The first kappa shape index (κ1) is 14.5. The summed E-state index contributed by atoms with van der Waals surface area (Å²) < 4.78 is 15.1. The molecule has 0 saturated heterocycles. The predicted molar refractivity (Wildman–Crippen MR) is 86.6 cm³/mol. The van der Waals surface area contributed by atoms with Crippen LogP contribution >= 0.6 is 11.3 Å². The van der Waals surface area contributed by atoms with Crippen LogP contribution in [0.4, 0.5) is 10.3 Å². The number of nitrogens with zero attached hydrogens (tertiary/aromatic N) is 3. The highest BCUT2D eigenvalue weighted by molar-refractivity contribution is 7.20. The van der Waals surface area contributed by atoms with Crippen LogP contribution in [0.3, 0.4) is 0 Å². The van der Waals surface area contributed by atoms with Gasteiger partial charge in [-0.05, 0) is 30.3 Å². The Morgan fingerprint density at radius 1 is 1.32 bits per heavy atom. The summed E-state index contributed by atoms with van der Waals surface area (Å²) in [5, 5.41) is 2.61. The summed E-state index contributed by atoms with van der Waals surface area (Å²) in [6, 6.07) is 7.99. The molecule has 2 heterocycles. The van der Waals surface area contributed by atoms with Crippen LogP contribution in [0.15, 0.2) is 30.3 Å². The van der Waals surface area contributed by atoms with E-state index in [0.29, 0.717) is 4.88 Å². The van der Waals surface area contributed by atoms with E-state index >= 15 is 0 Å². The third-order valence-corrected chi connectivity index (χ3v) is 4.36. The van der Waals surface area contributed by atoms with Gasteiger partial charge in [-0.1, -0.05) is 0 Å². The Balaban J connectivity index is 2.23. The van der Waals surface area contributed by atoms with Gasteiger partial charge in [0.25, 0.3) is 5.91 Å². The van der Waals surface area contributed by atoms with Gasteiger partial charge in [-0.2, -0.15) is 0 Å². The molecule has 0 atom stereocenters. The lowest BCUT2D eigenvalue weighted by Crippen LogP contribution is -2.16. The molecule has 0 aliphatic rings. The molecule has 0 bridgehead atoms. The van der Waals surface area contributed by atoms with Gasteiger partial charge in [0.2, 0.25) is 5.95 Å². The van der Waals surface area contributed by atoms with E-state index in [1.54, 1.807) is 25.2 Å². The summed E-state index contributed by atoms with van der Waals surface area (Å²) in [5.74, 6) is 0.306. The summed E-state index contributed by atoms with van der Waals surface area (Å²) in [6.07, 6.45) is 0. The Morgan fingerprint density at radius 2 is 2.00 bits per heavy atom. The number of anilines is 1. The molecule has 0 aliphatic carbocycles. The molecule has 0 aliphatic heterocycles. The Hall–Kier alpha value is -2.41. The second-order valence-electron chi connectivity index (χ2n) is 5.00. The molecule has 0 saturated carbocycles. The predicted octanol–water partition coefficient (Wildman–Crippen LogP) is 2.65. The number of hydrogen-bond acceptors (Lipinski definition) is 4. The van der Waals surface area contributed by atoms with Gasteiger partial charge >= 0.3 is 0 Å². The normalized spacial score (nSPS) is 10.9. The molecule has 7 heteroatoms. The third kappa shape index (κ3) is 2.33. The fourth-order valence-electron chi connectivity index (χ4n) is 2.22. The van der Waals surface area contributed by atoms with Gasteiger partial charge in [-0.3, -0.25) is 9.36 Å². The number of aromatic nitrogens is 2. The minimum Gasteiger partial charge on any atom is -0.354 e. The van der Waals surface area contributed by atoms with Crippen LogP contribution in [-0.2, 0) is 0 Å². The summed E-state index contributed by atoms with van der Waals surface area (Å²) in [7, 11) is 5.39. The highest BCUT2D eigenvalue weighted by Crippen LogP contribution is 2.32. The van der Waals surface area contributed by atoms with Crippen molar-refractivity contribution in [3.05, 3.63) is 41.0 Å². The van der Waals surface area contributed by atoms with E-state index in [9.17, 15) is 9.18 Å². The number of amides is 1. The van der Waals surface area contributed by atoms with Crippen LogP contribution in [0.25, 0.3) is 16.0 Å². The first-order valence-electron chi connectivity index (χ1n) is 6.69.